The average molecular weight is 492 g/mol. The summed E-state index contributed by atoms with van der Waals surface area (Å²) in [5.74, 6) is -1.16. The molecule has 0 aromatic heterocycles. The quantitative estimate of drug-likeness (QED) is 0.493. The maximum atomic E-state index is 14.2. The fraction of sp³-hybridized carbons (Fsp3) is 0.440. The van der Waals surface area contributed by atoms with Crippen molar-refractivity contribution in [3.63, 3.8) is 0 Å². The molecule has 2 amide bonds. The number of para-hydroxylation sites is 1. The summed E-state index contributed by atoms with van der Waals surface area (Å²) in [4.78, 5) is 27.3. The van der Waals surface area contributed by atoms with Gasteiger partial charge in [0.25, 0.3) is 0 Å². The van der Waals surface area contributed by atoms with Gasteiger partial charge in [0, 0.05) is 25.6 Å². The fourth-order valence-corrected chi connectivity index (χ4v) is 4.58. The summed E-state index contributed by atoms with van der Waals surface area (Å²) in [5, 5.41) is 2.84. The first-order valence-corrected chi connectivity index (χ1v) is 13.2. The second-order valence-corrected chi connectivity index (χ2v) is 10.5. The van der Waals surface area contributed by atoms with Crippen molar-refractivity contribution in [1.82, 2.24) is 10.2 Å². The number of rotatable bonds is 12. The smallest absolute Gasteiger partial charge is 0.242 e. The Morgan fingerprint density at radius 1 is 0.971 bits per heavy atom. The molecule has 0 saturated heterocycles. The lowest BCUT2D eigenvalue weighted by molar-refractivity contribution is -0.140. The van der Waals surface area contributed by atoms with E-state index in [4.69, 9.17) is 0 Å². The monoisotopic (exact) mass is 491 g/mol. The van der Waals surface area contributed by atoms with Gasteiger partial charge in [-0.05, 0) is 51.3 Å². The lowest BCUT2D eigenvalue weighted by atomic mass is 10.1. The Morgan fingerprint density at radius 3 is 2.18 bits per heavy atom. The predicted octanol–water partition coefficient (Wildman–Crippen LogP) is 3.36. The van der Waals surface area contributed by atoms with E-state index < -0.39 is 21.9 Å². The molecule has 0 heterocycles. The molecule has 0 aliphatic rings. The molecule has 0 saturated carbocycles. The van der Waals surface area contributed by atoms with Crippen LogP contribution in [0.15, 0.2) is 54.6 Å². The van der Waals surface area contributed by atoms with Gasteiger partial charge in [0.05, 0.1) is 11.9 Å². The second kappa shape index (κ2) is 12.5. The number of sulfonamides is 1. The Morgan fingerprint density at radius 2 is 1.59 bits per heavy atom. The summed E-state index contributed by atoms with van der Waals surface area (Å²) in [6.45, 7) is 5.68. The summed E-state index contributed by atoms with van der Waals surface area (Å²) >= 11 is 0. The molecular weight excluding hydrogens is 457 g/mol. The van der Waals surface area contributed by atoms with Gasteiger partial charge in [0.1, 0.15) is 11.9 Å². The highest BCUT2D eigenvalue weighted by Crippen LogP contribution is 2.22. The van der Waals surface area contributed by atoms with Crippen LogP contribution in [0.5, 0.6) is 0 Å². The molecular formula is C25H34FN3O4S. The van der Waals surface area contributed by atoms with Crippen LogP contribution in [0.4, 0.5) is 10.1 Å². The van der Waals surface area contributed by atoms with Crippen LogP contribution in [0, 0.1) is 5.82 Å². The van der Waals surface area contributed by atoms with E-state index in [9.17, 15) is 22.4 Å². The number of hydrogen-bond donors (Lipinski definition) is 1. The molecule has 1 atom stereocenters. The Bertz CT molecular complexity index is 1060. The van der Waals surface area contributed by atoms with E-state index in [-0.39, 0.29) is 42.9 Å². The molecule has 0 fully saturated rings. The van der Waals surface area contributed by atoms with Crippen LogP contribution in [-0.4, -0.2) is 56.6 Å². The molecule has 0 unspecified atom stereocenters. The molecule has 0 aliphatic heterocycles. The van der Waals surface area contributed by atoms with Crippen molar-refractivity contribution < 1.29 is 22.4 Å². The largest absolute Gasteiger partial charge is 0.352 e. The number of nitrogens with zero attached hydrogens (tertiary/aromatic N) is 2. The summed E-state index contributed by atoms with van der Waals surface area (Å²) in [6, 6.07) is 14.5. The van der Waals surface area contributed by atoms with Crippen molar-refractivity contribution in [3.8, 4) is 0 Å². The third-order valence-corrected chi connectivity index (χ3v) is 6.54. The molecule has 0 radical (unpaired) electrons. The average Bonchev–Trinajstić information content (AvgIpc) is 2.77. The van der Waals surface area contributed by atoms with Gasteiger partial charge in [-0.1, -0.05) is 42.5 Å². The van der Waals surface area contributed by atoms with E-state index >= 15 is 0 Å². The van der Waals surface area contributed by atoms with E-state index in [0.717, 1.165) is 16.1 Å². The first-order chi connectivity index (χ1) is 16.0. The maximum absolute atomic E-state index is 14.2. The van der Waals surface area contributed by atoms with E-state index in [0.29, 0.717) is 13.0 Å². The first-order valence-electron chi connectivity index (χ1n) is 11.4. The summed E-state index contributed by atoms with van der Waals surface area (Å²) in [7, 11) is -3.74. The van der Waals surface area contributed by atoms with Crippen LogP contribution in [-0.2, 0) is 26.0 Å². The summed E-state index contributed by atoms with van der Waals surface area (Å²) in [5.41, 5.74) is 0.989. The first kappa shape index (κ1) is 27.3. The lowest BCUT2D eigenvalue weighted by Gasteiger charge is -2.30. The molecule has 0 bridgehead atoms. The minimum atomic E-state index is -3.74. The number of carbonyl (C=O) groups is 2. The molecule has 2 rings (SSSR count). The Balaban J connectivity index is 2.11. The number of hydrogen-bond acceptors (Lipinski definition) is 4. The summed E-state index contributed by atoms with van der Waals surface area (Å²) in [6.07, 6.45) is 1.79. The van der Waals surface area contributed by atoms with Gasteiger partial charge in [-0.3, -0.25) is 13.9 Å². The Hall–Kier alpha value is -2.94. The van der Waals surface area contributed by atoms with Crippen molar-refractivity contribution in [2.24, 2.45) is 0 Å². The molecule has 2 aromatic carbocycles. The van der Waals surface area contributed by atoms with Crippen molar-refractivity contribution in [2.75, 3.05) is 23.7 Å². The van der Waals surface area contributed by atoms with Gasteiger partial charge in [0.2, 0.25) is 21.8 Å². The number of carbonyl (C=O) groups excluding carboxylic acids is 2. The van der Waals surface area contributed by atoms with E-state index in [1.165, 1.54) is 23.1 Å². The molecule has 0 spiro atoms. The standard InChI is InChI=1S/C25H34FN3O4S/c1-19(2)27-25(31)20(3)28(18-16-21-11-6-5-7-12-21)24(30)15-10-17-29(34(4,32)33)23-14-9-8-13-22(23)26/h5-9,11-14,19-20H,10,15-18H2,1-4H3,(H,27,31)/t20-/m0/s1. The van der Waals surface area contributed by atoms with Gasteiger partial charge >= 0.3 is 0 Å². The highest BCUT2D eigenvalue weighted by atomic mass is 32.2. The van der Waals surface area contributed by atoms with Gasteiger partial charge < -0.3 is 10.2 Å². The third-order valence-electron chi connectivity index (χ3n) is 5.36. The van der Waals surface area contributed by atoms with Crippen LogP contribution in [0.1, 0.15) is 39.2 Å². The number of amides is 2. The van der Waals surface area contributed by atoms with Crippen LogP contribution in [0.3, 0.4) is 0 Å². The highest BCUT2D eigenvalue weighted by Gasteiger charge is 2.27. The number of anilines is 1. The molecule has 0 aliphatic carbocycles. The molecule has 186 valence electrons. The Labute approximate surface area is 202 Å². The SMILES string of the molecule is CC(C)NC(=O)[C@H](C)N(CCc1ccccc1)C(=O)CCCN(c1ccccc1F)S(C)(=O)=O. The predicted molar refractivity (Wildman–Crippen MR) is 132 cm³/mol. The van der Waals surface area contributed by atoms with Gasteiger partial charge in [-0.2, -0.15) is 0 Å². The topological polar surface area (TPSA) is 86.8 Å². The Kier molecular flexibility index (Phi) is 10.0. The normalized spacial score (nSPS) is 12.3. The molecule has 7 nitrogen and oxygen atoms in total. The minimum Gasteiger partial charge on any atom is -0.352 e. The van der Waals surface area contributed by atoms with Gasteiger partial charge in [-0.15, -0.1) is 0 Å². The number of halogens is 1. The van der Waals surface area contributed by atoms with Crippen molar-refractivity contribution in [1.29, 1.82) is 0 Å². The molecule has 2 aromatic rings. The molecule has 9 heteroatoms. The van der Waals surface area contributed by atoms with Crippen LogP contribution < -0.4 is 9.62 Å². The van der Waals surface area contributed by atoms with Gasteiger partial charge in [-0.25, -0.2) is 12.8 Å². The van der Waals surface area contributed by atoms with Crippen molar-refractivity contribution in [2.45, 2.75) is 52.1 Å². The van der Waals surface area contributed by atoms with Crippen molar-refractivity contribution >= 4 is 27.5 Å². The van der Waals surface area contributed by atoms with Crippen molar-refractivity contribution in [3.05, 3.63) is 66.0 Å². The van der Waals surface area contributed by atoms with E-state index in [1.54, 1.807) is 13.0 Å². The zero-order valence-electron chi connectivity index (χ0n) is 20.2. The lowest BCUT2D eigenvalue weighted by Crippen LogP contribution is -2.50. The summed E-state index contributed by atoms with van der Waals surface area (Å²) < 4.78 is 39.7. The van der Waals surface area contributed by atoms with Crippen LogP contribution in [0.2, 0.25) is 0 Å². The molecule has 1 N–H and O–H groups in total. The van der Waals surface area contributed by atoms with Crippen LogP contribution in [0.25, 0.3) is 0 Å². The fourth-order valence-electron chi connectivity index (χ4n) is 3.61. The van der Waals surface area contributed by atoms with Crippen LogP contribution >= 0.6 is 0 Å². The third kappa shape index (κ3) is 8.13. The zero-order valence-corrected chi connectivity index (χ0v) is 21.0. The maximum Gasteiger partial charge on any atom is 0.242 e. The van der Waals surface area contributed by atoms with E-state index in [2.05, 4.69) is 5.32 Å². The number of benzene rings is 2. The molecule has 34 heavy (non-hydrogen) atoms. The number of nitrogens with one attached hydrogen (secondary N) is 1. The van der Waals surface area contributed by atoms with E-state index in [1.807, 2.05) is 44.2 Å². The van der Waals surface area contributed by atoms with Gasteiger partial charge in [0.15, 0.2) is 0 Å². The highest BCUT2D eigenvalue weighted by molar-refractivity contribution is 7.92. The zero-order chi connectivity index (χ0) is 25.3. The minimum absolute atomic E-state index is 0.0224. The second-order valence-electron chi connectivity index (χ2n) is 8.55.